The number of aromatic amines is 1. The highest BCUT2D eigenvalue weighted by molar-refractivity contribution is 6.01. The van der Waals surface area contributed by atoms with Crippen molar-refractivity contribution in [3.8, 4) is 0 Å². The highest BCUT2D eigenvalue weighted by atomic mass is 16.5. The van der Waals surface area contributed by atoms with Gasteiger partial charge in [0.15, 0.2) is 0 Å². The van der Waals surface area contributed by atoms with Gasteiger partial charge in [0.05, 0.1) is 12.7 Å². The Kier molecular flexibility index (Phi) is 7.09. The first-order valence-electron chi connectivity index (χ1n) is 10.7. The summed E-state index contributed by atoms with van der Waals surface area (Å²) in [6.45, 7) is 6.68. The molecular weight excluding hydrogens is 396 g/mol. The molecule has 1 saturated heterocycles. The number of H-pyrrole nitrogens is 1. The lowest BCUT2D eigenvalue weighted by molar-refractivity contribution is -0.121. The smallest absolute Gasteiger partial charge is 0.339 e. The number of nitrogens with zero attached hydrogens (tertiary/aromatic N) is 2. The quantitative estimate of drug-likeness (QED) is 0.690. The topological polar surface area (TPSA) is 104 Å². The molecule has 2 aromatic heterocycles. The summed E-state index contributed by atoms with van der Waals surface area (Å²) < 4.78 is 4.91. The Labute approximate surface area is 182 Å². The van der Waals surface area contributed by atoms with Gasteiger partial charge in [0, 0.05) is 30.9 Å². The van der Waals surface area contributed by atoms with E-state index in [1.807, 2.05) is 19.9 Å². The van der Waals surface area contributed by atoms with E-state index in [0.29, 0.717) is 60.7 Å². The highest BCUT2D eigenvalue weighted by Crippen LogP contribution is 2.26. The number of piperidine rings is 1. The standard InChI is InChI=1S/C23H30N4O4/c1-5-6-17-19(23(30)31-4)15(3)25-20(17)22(29)27-11-9-16(10-12-27)21(28)26-18-8-7-14(2)13-24-18/h7-8,13,16,25H,5-6,9-12H2,1-4H3,(H,24,26,28). The Hall–Kier alpha value is -3.16. The Balaban J connectivity index is 1.67. The van der Waals surface area contributed by atoms with Gasteiger partial charge < -0.3 is 19.9 Å². The summed E-state index contributed by atoms with van der Waals surface area (Å²) in [6, 6.07) is 3.69. The van der Waals surface area contributed by atoms with Crippen molar-refractivity contribution in [1.29, 1.82) is 0 Å². The van der Waals surface area contributed by atoms with Crippen LogP contribution < -0.4 is 5.32 Å². The van der Waals surface area contributed by atoms with Gasteiger partial charge in [0.1, 0.15) is 11.5 Å². The van der Waals surface area contributed by atoms with Crippen LogP contribution >= 0.6 is 0 Å². The number of methoxy groups -OCH3 is 1. The third kappa shape index (κ3) is 4.95. The molecule has 2 amide bonds. The van der Waals surface area contributed by atoms with Gasteiger partial charge in [-0.1, -0.05) is 19.4 Å². The molecule has 0 aromatic carbocycles. The summed E-state index contributed by atoms with van der Waals surface area (Å²) in [7, 11) is 1.34. The lowest BCUT2D eigenvalue weighted by atomic mass is 9.95. The Morgan fingerprint density at radius 2 is 1.94 bits per heavy atom. The van der Waals surface area contributed by atoms with Gasteiger partial charge in [-0.3, -0.25) is 9.59 Å². The molecular formula is C23H30N4O4. The van der Waals surface area contributed by atoms with Crippen molar-refractivity contribution in [2.24, 2.45) is 5.92 Å². The van der Waals surface area contributed by atoms with E-state index in [1.165, 1.54) is 7.11 Å². The molecule has 31 heavy (non-hydrogen) atoms. The van der Waals surface area contributed by atoms with Crippen LogP contribution in [0.5, 0.6) is 0 Å². The summed E-state index contributed by atoms with van der Waals surface area (Å²) in [5.74, 6) is -0.273. The fourth-order valence-corrected chi connectivity index (χ4v) is 4.01. The number of carbonyl (C=O) groups excluding carboxylic acids is 3. The first kappa shape index (κ1) is 22.5. The number of rotatable bonds is 6. The van der Waals surface area contributed by atoms with E-state index in [0.717, 1.165) is 12.0 Å². The maximum Gasteiger partial charge on any atom is 0.339 e. The summed E-state index contributed by atoms with van der Waals surface area (Å²) in [5, 5.41) is 2.86. The number of hydrogen-bond acceptors (Lipinski definition) is 5. The van der Waals surface area contributed by atoms with E-state index in [9.17, 15) is 14.4 Å². The van der Waals surface area contributed by atoms with Crippen molar-refractivity contribution >= 4 is 23.6 Å². The Morgan fingerprint density at radius 3 is 2.52 bits per heavy atom. The average molecular weight is 427 g/mol. The fraction of sp³-hybridized carbons (Fsp3) is 0.478. The number of amides is 2. The number of aromatic nitrogens is 2. The molecule has 2 aromatic rings. The number of hydrogen-bond donors (Lipinski definition) is 2. The third-order valence-corrected chi connectivity index (χ3v) is 5.71. The summed E-state index contributed by atoms with van der Waals surface area (Å²) >= 11 is 0. The van der Waals surface area contributed by atoms with Gasteiger partial charge in [-0.2, -0.15) is 0 Å². The number of anilines is 1. The van der Waals surface area contributed by atoms with Crippen molar-refractivity contribution in [3.63, 3.8) is 0 Å². The summed E-state index contributed by atoms with van der Waals surface area (Å²) in [4.78, 5) is 47.1. The Morgan fingerprint density at radius 1 is 1.23 bits per heavy atom. The van der Waals surface area contributed by atoms with Gasteiger partial charge >= 0.3 is 5.97 Å². The fourth-order valence-electron chi connectivity index (χ4n) is 4.01. The van der Waals surface area contributed by atoms with Crippen LogP contribution in [0.15, 0.2) is 18.3 Å². The maximum absolute atomic E-state index is 13.2. The van der Waals surface area contributed by atoms with Crippen LogP contribution in [0.1, 0.15) is 63.9 Å². The molecule has 1 aliphatic rings. The molecule has 0 saturated carbocycles. The molecule has 3 heterocycles. The molecule has 8 heteroatoms. The second-order valence-corrected chi connectivity index (χ2v) is 8.00. The predicted octanol–water partition coefficient (Wildman–Crippen LogP) is 3.26. The zero-order valence-corrected chi connectivity index (χ0v) is 18.6. The van der Waals surface area contributed by atoms with Crippen LogP contribution in [0.2, 0.25) is 0 Å². The number of pyridine rings is 1. The molecule has 0 radical (unpaired) electrons. The van der Waals surface area contributed by atoms with Gasteiger partial charge in [0.2, 0.25) is 5.91 Å². The van der Waals surface area contributed by atoms with E-state index in [4.69, 9.17) is 4.74 Å². The Bertz CT molecular complexity index is 957. The molecule has 0 bridgehead atoms. The lowest BCUT2D eigenvalue weighted by Gasteiger charge is -2.31. The van der Waals surface area contributed by atoms with Crippen molar-refractivity contribution in [2.45, 2.75) is 46.5 Å². The monoisotopic (exact) mass is 426 g/mol. The summed E-state index contributed by atoms with van der Waals surface area (Å²) in [6.07, 6.45) is 4.28. The SMILES string of the molecule is CCCc1c(C(=O)N2CCC(C(=O)Nc3ccc(C)cn3)CC2)[nH]c(C)c1C(=O)OC. The minimum absolute atomic E-state index is 0.0705. The van der Waals surface area contributed by atoms with Gasteiger partial charge in [0.25, 0.3) is 5.91 Å². The molecule has 2 N–H and O–H groups in total. The van der Waals surface area contributed by atoms with Crippen LogP contribution in [0, 0.1) is 19.8 Å². The van der Waals surface area contributed by atoms with E-state index in [-0.39, 0.29) is 17.7 Å². The minimum atomic E-state index is -0.434. The second kappa shape index (κ2) is 9.76. The van der Waals surface area contributed by atoms with E-state index < -0.39 is 5.97 Å². The van der Waals surface area contributed by atoms with Crippen LogP contribution in [0.4, 0.5) is 5.82 Å². The van der Waals surface area contributed by atoms with Crippen molar-refractivity contribution in [2.75, 3.05) is 25.5 Å². The molecule has 1 aliphatic heterocycles. The lowest BCUT2D eigenvalue weighted by Crippen LogP contribution is -2.42. The number of likely N-dealkylation sites (tertiary alicyclic amines) is 1. The predicted molar refractivity (Wildman–Crippen MR) is 117 cm³/mol. The molecule has 166 valence electrons. The minimum Gasteiger partial charge on any atom is -0.465 e. The normalized spacial score (nSPS) is 14.4. The zero-order valence-electron chi connectivity index (χ0n) is 18.6. The van der Waals surface area contributed by atoms with Crippen LogP contribution in [-0.4, -0.2) is 52.9 Å². The van der Waals surface area contributed by atoms with Crippen molar-refractivity contribution in [3.05, 3.63) is 46.4 Å². The first-order chi connectivity index (χ1) is 14.8. The molecule has 8 nitrogen and oxygen atoms in total. The number of ether oxygens (including phenoxy) is 1. The number of nitrogens with one attached hydrogen (secondary N) is 2. The second-order valence-electron chi connectivity index (χ2n) is 8.00. The average Bonchev–Trinajstić information content (AvgIpc) is 3.10. The van der Waals surface area contributed by atoms with Crippen molar-refractivity contribution in [1.82, 2.24) is 14.9 Å². The van der Waals surface area contributed by atoms with Crippen molar-refractivity contribution < 1.29 is 19.1 Å². The summed E-state index contributed by atoms with van der Waals surface area (Å²) in [5.41, 5.74) is 3.28. The first-order valence-corrected chi connectivity index (χ1v) is 10.7. The van der Waals surface area contributed by atoms with Crippen LogP contribution in [0.3, 0.4) is 0 Å². The highest BCUT2D eigenvalue weighted by Gasteiger charge is 2.31. The molecule has 3 rings (SSSR count). The molecule has 0 atom stereocenters. The zero-order chi connectivity index (χ0) is 22.5. The van der Waals surface area contributed by atoms with E-state index in [2.05, 4.69) is 15.3 Å². The number of aryl methyl sites for hydroxylation is 2. The molecule has 1 fully saturated rings. The van der Waals surface area contributed by atoms with Gasteiger partial charge in [-0.15, -0.1) is 0 Å². The van der Waals surface area contributed by atoms with Gasteiger partial charge in [-0.25, -0.2) is 9.78 Å². The van der Waals surface area contributed by atoms with E-state index in [1.54, 1.807) is 24.1 Å². The number of esters is 1. The third-order valence-electron chi connectivity index (χ3n) is 5.71. The molecule has 0 aliphatic carbocycles. The van der Waals surface area contributed by atoms with Gasteiger partial charge in [-0.05, 0) is 50.3 Å². The maximum atomic E-state index is 13.2. The number of carbonyl (C=O) groups is 3. The van der Waals surface area contributed by atoms with Crippen LogP contribution in [0.25, 0.3) is 0 Å². The largest absolute Gasteiger partial charge is 0.465 e. The van der Waals surface area contributed by atoms with Crippen LogP contribution in [-0.2, 0) is 16.0 Å². The van der Waals surface area contributed by atoms with E-state index >= 15 is 0 Å². The molecule has 0 unspecified atom stereocenters. The molecule has 0 spiro atoms.